The molecule has 0 aliphatic heterocycles. The molecule has 0 radical (unpaired) electrons. The molecule has 1 aromatic heterocycles. The zero-order valence-corrected chi connectivity index (χ0v) is 11.2. The number of nitrogens with zero attached hydrogens (tertiary/aromatic N) is 2. The van der Waals surface area contributed by atoms with E-state index in [2.05, 4.69) is 4.98 Å². The zero-order chi connectivity index (χ0) is 13.2. The smallest absolute Gasteiger partial charge is 0.235 e. The van der Waals surface area contributed by atoms with Crippen molar-refractivity contribution in [1.29, 1.82) is 0 Å². The van der Waals surface area contributed by atoms with Gasteiger partial charge in [-0.05, 0) is 30.5 Å². The van der Waals surface area contributed by atoms with Crippen LogP contribution in [0, 0.1) is 5.41 Å². The number of hydrogen-bond acceptors (Lipinski definition) is 3. The lowest BCUT2D eigenvalue weighted by Gasteiger charge is -2.41. The van der Waals surface area contributed by atoms with Crippen molar-refractivity contribution >= 4 is 23.1 Å². The summed E-state index contributed by atoms with van der Waals surface area (Å²) in [5.41, 5.74) is 6.21. The Labute approximate surface area is 112 Å². The van der Waals surface area contributed by atoms with Gasteiger partial charge in [-0.3, -0.25) is 9.78 Å². The predicted octanol–water partition coefficient (Wildman–Crippen LogP) is 1.50. The molecule has 0 atom stereocenters. The number of pyridine rings is 1. The van der Waals surface area contributed by atoms with Crippen LogP contribution in [0.5, 0.6) is 0 Å². The van der Waals surface area contributed by atoms with Gasteiger partial charge in [0.1, 0.15) is 0 Å². The van der Waals surface area contributed by atoms with E-state index in [0.717, 1.165) is 24.8 Å². The second kappa shape index (κ2) is 5.02. The van der Waals surface area contributed by atoms with E-state index in [9.17, 15) is 4.79 Å². The Hall–Kier alpha value is -1.49. The summed E-state index contributed by atoms with van der Waals surface area (Å²) in [7, 11) is 1.79. The Morgan fingerprint density at radius 3 is 2.56 bits per heavy atom. The Balaban J connectivity index is 2.07. The van der Waals surface area contributed by atoms with Gasteiger partial charge in [-0.15, -0.1) is 0 Å². The maximum absolute atomic E-state index is 12.4. The molecule has 1 fully saturated rings. The van der Waals surface area contributed by atoms with E-state index >= 15 is 0 Å². The molecule has 5 heteroatoms. The number of aromatic nitrogens is 1. The molecule has 0 saturated heterocycles. The molecular weight excluding hydrogens is 246 g/mol. The Bertz CT molecular complexity index is 457. The number of carbonyl (C=O) groups is 1. The number of amides is 1. The van der Waals surface area contributed by atoms with Crippen LogP contribution in [-0.4, -0.2) is 27.8 Å². The monoisotopic (exact) mass is 263 g/mol. The topological polar surface area (TPSA) is 59.2 Å². The molecule has 0 aromatic carbocycles. The van der Waals surface area contributed by atoms with Gasteiger partial charge in [-0.1, -0.05) is 18.6 Å². The Morgan fingerprint density at radius 2 is 2.11 bits per heavy atom. The van der Waals surface area contributed by atoms with E-state index in [1.54, 1.807) is 24.3 Å². The van der Waals surface area contributed by atoms with E-state index < -0.39 is 5.41 Å². The zero-order valence-electron chi connectivity index (χ0n) is 10.4. The van der Waals surface area contributed by atoms with Crippen molar-refractivity contribution in [3.8, 4) is 0 Å². The lowest BCUT2D eigenvalue weighted by Crippen LogP contribution is -2.53. The highest BCUT2D eigenvalue weighted by Crippen LogP contribution is 2.42. The van der Waals surface area contributed by atoms with Crippen LogP contribution < -0.4 is 5.73 Å². The van der Waals surface area contributed by atoms with Gasteiger partial charge in [0.25, 0.3) is 0 Å². The Morgan fingerprint density at radius 1 is 1.50 bits per heavy atom. The number of hydrogen-bond donors (Lipinski definition) is 1. The van der Waals surface area contributed by atoms with E-state index in [1.165, 1.54) is 0 Å². The fourth-order valence-corrected chi connectivity index (χ4v) is 2.59. The average molecular weight is 263 g/mol. The second-order valence-corrected chi connectivity index (χ2v) is 5.26. The molecule has 2 rings (SSSR count). The summed E-state index contributed by atoms with van der Waals surface area (Å²) in [6.07, 6.45) is 6.02. The summed E-state index contributed by atoms with van der Waals surface area (Å²) in [5, 5.41) is 0. The molecule has 1 heterocycles. The first-order valence-corrected chi connectivity index (χ1v) is 6.41. The van der Waals surface area contributed by atoms with E-state index in [1.807, 2.05) is 12.1 Å². The third kappa shape index (κ3) is 2.22. The summed E-state index contributed by atoms with van der Waals surface area (Å²) in [5.74, 6) is 0.0399. The first kappa shape index (κ1) is 13.0. The van der Waals surface area contributed by atoms with Crippen LogP contribution in [0.15, 0.2) is 24.5 Å². The third-order valence-corrected chi connectivity index (χ3v) is 3.99. The van der Waals surface area contributed by atoms with Crippen molar-refractivity contribution < 1.29 is 4.79 Å². The van der Waals surface area contributed by atoms with Crippen LogP contribution in [0.25, 0.3) is 0 Å². The van der Waals surface area contributed by atoms with E-state index in [4.69, 9.17) is 18.0 Å². The largest absolute Gasteiger partial charge is 0.392 e. The highest BCUT2D eigenvalue weighted by Gasteiger charge is 2.48. The lowest BCUT2D eigenvalue weighted by molar-refractivity contribution is -0.141. The van der Waals surface area contributed by atoms with Crippen molar-refractivity contribution in [2.45, 2.75) is 25.8 Å². The SMILES string of the molecule is CN(Cc1ccncc1)C(=O)C1(C(N)=S)CCC1. The fourth-order valence-electron chi connectivity index (χ4n) is 2.30. The maximum atomic E-state index is 12.4. The van der Waals surface area contributed by atoms with Gasteiger partial charge in [0.2, 0.25) is 5.91 Å². The summed E-state index contributed by atoms with van der Waals surface area (Å²) in [4.78, 5) is 18.4. The van der Waals surface area contributed by atoms with Crippen molar-refractivity contribution in [3.63, 3.8) is 0 Å². The molecular formula is C13H17N3OS. The number of nitrogens with two attached hydrogens (primary N) is 1. The molecule has 4 nitrogen and oxygen atoms in total. The molecule has 2 N–H and O–H groups in total. The van der Waals surface area contributed by atoms with Gasteiger partial charge in [0.15, 0.2) is 0 Å². The molecule has 18 heavy (non-hydrogen) atoms. The highest BCUT2D eigenvalue weighted by atomic mass is 32.1. The van der Waals surface area contributed by atoms with E-state index in [-0.39, 0.29) is 5.91 Å². The Kier molecular flexibility index (Phi) is 3.61. The van der Waals surface area contributed by atoms with Gasteiger partial charge in [-0.25, -0.2) is 0 Å². The van der Waals surface area contributed by atoms with Crippen LogP contribution in [0.3, 0.4) is 0 Å². The van der Waals surface area contributed by atoms with Crippen LogP contribution in [-0.2, 0) is 11.3 Å². The van der Waals surface area contributed by atoms with Crippen molar-refractivity contribution in [3.05, 3.63) is 30.1 Å². The van der Waals surface area contributed by atoms with Gasteiger partial charge >= 0.3 is 0 Å². The molecule has 1 amide bonds. The second-order valence-electron chi connectivity index (χ2n) is 4.82. The minimum atomic E-state index is -0.586. The number of carbonyl (C=O) groups excluding carboxylic acids is 1. The minimum Gasteiger partial charge on any atom is -0.392 e. The van der Waals surface area contributed by atoms with Crippen LogP contribution in [0.2, 0.25) is 0 Å². The molecule has 1 aromatic rings. The molecule has 96 valence electrons. The lowest BCUT2D eigenvalue weighted by atomic mass is 9.67. The normalized spacial score (nSPS) is 16.7. The fraction of sp³-hybridized carbons (Fsp3) is 0.462. The van der Waals surface area contributed by atoms with Crippen molar-refractivity contribution in [1.82, 2.24) is 9.88 Å². The van der Waals surface area contributed by atoms with Crippen LogP contribution >= 0.6 is 12.2 Å². The molecule has 1 saturated carbocycles. The summed E-state index contributed by atoms with van der Waals surface area (Å²) < 4.78 is 0. The summed E-state index contributed by atoms with van der Waals surface area (Å²) >= 11 is 5.06. The van der Waals surface area contributed by atoms with Crippen LogP contribution in [0.1, 0.15) is 24.8 Å². The standard InChI is InChI=1S/C13H17N3OS/c1-16(9-10-3-7-15-8-4-10)12(17)13(11(14)18)5-2-6-13/h3-4,7-8H,2,5-6,9H2,1H3,(H2,14,18). The first-order valence-electron chi connectivity index (χ1n) is 6.01. The third-order valence-electron chi connectivity index (χ3n) is 3.60. The highest BCUT2D eigenvalue weighted by molar-refractivity contribution is 7.80. The molecule has 0 spiro atoms. The minimum absolute atomic E-state index is 0.0399. The summed E-state index contributed by atoms with van der Waals surface area (Å²) in [6, 6.07) is 3.80. The van der Waals surface area contributed by atoms with Gasteiger partial charge in [-0.2, -0.15) is 0 Å². The summed E-state index contributed by atoms with van der Waals surface area (Å²) in [6.45, 7) is 0.561. The maximum Gasteiger partial charge on any atom is 0.235 e. The first-order chi connectivity index (χ1) is 8.56. The molecule has 0 bridgehead atoms. The van der Waals surface area contributed by atoms with Gasteiger partial charge in [0, 0.05) is 26.0 Å². The number of thiocarbonyl (C=S) groups is 1. The molecule has 0 unspecified atom stereocenters. The molecule has 1 aliphatic carbocycles. The van der Waals surface area contributed by atoms with Crippen LogP contribution in [0.4, 0.5) is 0 Å². The van der Waals surface area contributed by atoms with Crippen molar-refractivity contribution in [2.75, 3.05) is 7.05 Å². The molecule has 1 aliphatic rings. The predicted molar refractivity (Wildman–Crippen MR) is 73.8 cm³/mol. The number of rotatable bonds is 4. The quantitative estimate of drug-likeness (QED) is 0.836. The average Bonchev–Trinajstić information content (AvgIpc) is 2.28. The van der Waals surface area contributed by atoms with E-state index in [0.29, 0.717) is 11.5 Å². The van der Waals surface area contributed by atoms with Crippen molar-refractivity contribution in [2.24, 2.45) is 11.1 Å². The van der Waals surface area contributed by atoms with Gasteiger partial charge in [0.05, 0.1) is 10.4 Å². The van der Waals surface area contributed by atoms with Gasteiger partial charge < -0.3 is 10.6 Å².